The molecule has 1 aliphatic rings. The van der Waals surface area contributed by atoms with Crippen molar-refractivity contribution < 1.29 is 9.59 Å². The van der Waals surface area contributed by atoms with Gasteiger partial charge in [0.2, 0.25) is 11.8 Å². The molecule has 22 heavy (non-hydrogen) atoms. The molecule has 6 nitrogen and oxygen atoms in total. The quantitative estimate of drug-likeness (QED) is 0.805. The standard InChI is InChI=1S/C15H24N4O2S/c1-17(12-15(21)19-7-5-16-6-8-19)11-14(20)18(2)10-13-4-3-9-22-13/h3-4,9,16H,5-8,10-12H2,1-2H3. The van der Waals surface area contributed by atoms with Gasteiger partial charge in [-0.15, -0.1) is 11.3 Å². The van der Waals surface area contributed by atoms with Crippen LogP contribution < -0.4 is 5.32 Å². The molecule has 1 aliphatic heterocycles. The third-order valence-corrected chi connectivity index (χ3v) is 4.54. The van der Waals surface area contributed by atoms with Crippen LogP contribution in [0.4, 0.5) is 0 Å². The van der Waals surface area contributed by atoms with Gasteiger partial charge >= 0.3 is 0 Å². The third-order valence-electron chi connectivity index (χ3n) is 3.68. The lowest BCUT2D eigenvalue weighted by Crippen LogP contribution is -2.50. The molecule has 7 heteroatoms. The maximum Gasteiger partial charge on any atom is 0.236 e. The van der Waals surface area contributed by atoms with E-state index < -0.39 is 0 Å². The number of amides is 2. The Labute approximate surface area is 135 Å². The monoisotopic (exact) mass is 324 g/mol. The Kier molecular flexibility index (Phi) is 6.35. The van der Waals surface area contributed by atoms with E-state index in [1.54, 1.807) is 28.2 Å². The number of piperazine rings is 1. The van der Waals surface area contributed by atoms with E-state index in [-0.39, 0.29) is 18.4 Å². The Morgan fingerprint density at radius 1 is 1.27 bits per heavy atom. The van der Waals surface area contributed by atoms with Gasteiger partial charge in [0.1, 0.15) is 0 Å². The summed E-state index contributed by atoms with van der Waals surface area (Å²) in [4.78, 5) is 30.9. The van der Waals surface area contributed by atoms with Gasteiger partial charge in [-0.1, -0.05) is 6.07 Å². The summed E-state index contributed by atoms with van der Waals surface area (Å²) >= 11 is 1.64. The largest absolute Gasteiger partial charge is 0.340 e. The zero-order valence-corrected chi connectivity index (χ0v) is 14.1. The highest BCUT2D eigenvalue weighted by Crippen LogP contribution is 2.10. The van der Waals surface area contributed by atoms with E-state index in [4.69, 9.17) is 0 Å². The van der Waals surface area contributed by atoms with Crippen molar-refractivity contribution in [2.75, 3.05) is 53.4 Å². The van der Waals surface area contributed by atoms with Crippen molar-refractivity contribution in [3.63, 3.8) is 0 Å². The SMILES string of the molecule is CN(CC(=O)N(C)Cc1cccs1)CC(=O)N1CCNCC1. The first-order valence-corrected chi connectivity index (χ1v) is 8.37. The van der Waals surface area contributed by atoms with Gasteiger partial charge in [-0.25, -0.2) is 0 Å². The molecule has 0 aromatic carbocycles. The molecular weight excluding hydrogens is 300 g/mol. The lowest BCUT2D eigenvalue weighted by Gasteiger charge is -2.29. The van der Waals surface area contributed by atoms with Gasteiger partial charge in [0, 0.05) is 38.1 Å². The number of nitrogens with one attached hydrogen (secondary N) is 1. The number of hydrogen-bond donors (Lipinski definition) is 1. The minimum atomic E-state index is 0.0315. The molecule has 0 radical (unpaired) electrons. The fourth-order valence-electron chi connectivity index (χ4n) is 2.38. The van der Waals surface area contributed by atoms with E-state index in [9.17, 15) is 9.59 Å². The Balaban J connectivity index is 1.74. The predicted molar refractivity (Wildman–Crippen MR) is 87.7 cm³/mol. The van der Waals surface area contributed by atoms with Gasteiger partial charge in [0.05, 0.1) is 19.6 Å². The molecule has 2 rings (SSSR count). The fourth-order valence-corrected chi connectivity index (χ4v) is 3.13. The van der Waals surface area contributed by atoms with E-state index in [2.05, 4.69) is 5.32 Å². The van der Waals surface area contributed by atoms with Crippen molar-refractivity contribution in [1.29, 1.82) is 0 Å². The van der Waals surface area contributed by atoms with Crippen LogP contribution in [0.3, 0.4) is 0 Å². The molecule has 1 fully saturated rings. The average molecular weight is 324 g/mol. The fraction of sp³-hybridized carbons (Fsp3) is 0.600. The molecular formula is C15H24N4O2S. The van der Waals surface area contributed by atoms with Crippen LogP contribution in [0.1, 0.15) is 4.88 Å². The number of thiophene rings is 1. The maximum atomic E-state index is 12.2. The van der Waals surface area contributed by atoms with Crippen molar-refractivity contribution in [1.82, 2.24) is 20.0 Å². The second kappa shape index (κ2) is 8.26. The summed E-state index contributed by atoms with van der Waals surface area (Å²) in [5.41, 5.74) is 0. The smallest absolute Gasteiger partial charge is 0.236 e. The number of likely N-dealkylation sites (N-methyl/N-ethyl adjacent to an activating group) is 2. The second-order valence-electron chi connectivity index (χ2n) is 5.63. The van der Waals surface area contributed by atoms with Crippen LogP contribution in [-0.4, -0.2) is 79.9 Å². The van der Waals surface area contributed by atoms with Crippen molar-refractivity contribution in [3.05, 3.63) is 22.4 Å². The lowest BCUT2D eigenvalue weighted by atomic mass is 10.3. The first kappa shape index (κ1) is 16.9. The van der Waals surface area contributed by atoms with Gasteiger partial charge < -0.3 is 15.1 Å². The number of nitrogens with zero attached hydrogens (tertiary/aromatic N) is 3. The molecule has 0 atom stereocenters. The van der Waals surface area contributed by atoms with E-state index in [0.29, 0.717) is 13.1 Å². The molecule has 1 N–H and O–H groups in total. The Morgan fingerprint density at radius 3 is 2.64 bits per heavy atom. The van der Waals surface area contributed by atoms with Crippen molar-refractivity contribution in [2.45, 2.75) is 6.54 Å². The molecule has 0 saturated carbocycles. The topological polar surface area (TPSA) is 55.9 Å². The summed E-state index contributed by atoms with van der Waals surface area (Å²) in [6.45, 7) is 4.36. The van der Waals surface area contributed by atoms with Gasteiger partial charge in [-0.2, -0.15) is 0 Å². The number of hydrogen-bond acceptors (Lipinski definition) is 5. The zero-order chi connectivity index (χ0) is 15.9. The van der Waals surface area contributed by atoms with E-state index >= 15 is 0 Å². The molecule has 1 aromatic heterocycles. The van der Waals surface area contributed by atoms with Crippen molar-refractivity contribution in [2.24, 2.45) is 0 Å². The molecule has 0 bridgehead atoms. The van der Waals surface area contributed by atoms with Crippen LogP contribution in [0.15, 0.2) is 17.5 Å². The molecule has 0 unspecified atom stereocenters. The van der Waals surface area contributed by atoms with Crippen LogP contribution >= 0.6 is 11.3 Å². The van der Waals surface area contributed by atoms with Crippen molar-refractivity contribution >= 4 is 23.2 Å². The Hall–Kier alpha value is -1.44. The van der Waals surface area contributed by atoms with Gasteiger partial charge in [-0.05, 0) is 18.5 Å². The lowest BCUT2D eigenvalue weighted by molar-refractivity contribution is -0.135. The number of carbonyl (C=O) groups excluding carboxylic acids is 2. The Bertz CT molecular complexity index is 486. The molecule has 1 aromatic rings. The van der Waals surface area contributed by atoms with E-state index in [1.807, 2.05) is 29.5 Å². The number of carbonyl (C=O) groups is 2. The molecule has 122 valence electrons. The summed E-state index contributed by atoms with van der Waals surface area (Å²) in [6.07, 6.45) is 0. The van der Waals surface area contributed by atoms with Crippen LogP contribution in [0.2, 0.25) is 0 Å². The molecule has 1 saturated heterocycles. The highest BCUT2D eigenvalue weighted by Gasteiger charge is 2.19. The van der Waals surface area contributed by atoms with Crippen LogP contribution in [0, 0.1) is 0 Å². The number of rotatable bonds is 6. The highest BCUT2D eigenvalue weighted by molar-refractivity contribution is 7.09. The molecule has 0 aliphatic carbocycles. The zero-order valence-electron chi connectivity index (χ0n) is 13.2. The summed E-state index contributed by atoms with van der Waals surface area (Å²) in [6, 6.07) is 4.00. The first-order valence-electron chi connectivity index (χ1n) is 7.49. The van der Waals surface area contributed by atoms with Gasteiger partial charge in [-0.3, -0.25) is 14.5 Å². The summed E-state index contributed by atoms with van der Waals surface area (Å²) in [7, 11) is 3.62. The summed E-state index contributed by atoms with van der Waals surface area (Å²) < 4.78 is 0. The van der Waals surface area contributed by atoms with Gasteiger partial charge in [0.15, 0.2) is 0 Å². The predicted octanol–water partition coefficient (Wildman–Crippen LogP) is 0.0701. The van der Waals surface area contributed by atoms with E-state index in [1.165, 1.54) is 0 Å². The molecule has 2 heterocycles. The van der Waals surface area contributed by atoms with Gasteiger partial charge in [0.25, 0.3) is 0 Å². The molecule has 0 spiro atoms. The minimum Gasteiger partial charge on any atom is -0.340 e. The van der Waals surface area contributed by atoms with Crippen LogP contribution in [-0.2, 0) is 16.1 Å². The van der Waals surface area contributed by atoms with Crippen LogP contribution in [0.25, 0.3) is 0 Å². The maximum absolute atomic E-state index is 12.2. The van der Waals surface area contributed by atoms with E-state index in [0.717, 1.165) is 31.1 Å². The van der Waals surface area contributed by atoms with Crippen LogP contribution in [0.5, 0.6) is 0 Å². The highest BCUT2D eigenvalue weighted by atomic mass is 32.1. The summed E-state index contributed by atoms with van der Waals surface area (Å²) in [5, 5.41) is 5.23. The third kappa shape index (κ3) is 5.08. The average Bonchev–Trinajstić information content (AvgIpc) is 3.00. The summed E-state index contributed by atoms with van der Waals surface area (Å²) in [5.74, 6) is 0.127. The second-order valence-corrected chi connectivity index (χ2v) is 6.66. The first-order chi connectivity index (χ1) is 10.6. The minimum absolute atomic E-state index is 0.0315. The van der Waals surface area contributed by atoms with Crippen molar-refractivity contribution in [3.8, 4) is 0 Å². The Morgan fingerprint density at radius 2 is 2.00 bits per heavy atom. The molecule has 2 amide bonds. The normalized spacial score (nSPS) is 15.1.